The molecule has 0 amide bonds. The van der Waals surface area contributed by atoms with Crippen LogP contribution in [0.25, 0.3) is 11.3 Å². The lowest BCUT2D eigenvalue weighted by atomic mass is 9.82. The number of carbonyl (C=O) groups excluding carboxylic acids is 1. The van der Waals surface area contributed by atoms with E-state index < -0.39 is 0 Å². The number of esters is 1. The van der Waals surface area contributed by atoms with Crippen LogP contribution >= 0.6 is 0 Å². The highest BCUT2D eigenvalue weighted by Crippen LogP contribution is 2.34. The molecule has 0 spiro atoms. The molecule has 1 saturated carbocycles. The normalized spacial score (nSPS) is 22.0. The summed E-state index contributed by atoms with van der Waals surface area (Å²) in [4.78, 5) is 11.0. The maximum absolute atomic E-state index is 11.0. The van der Waals surface area contributed by atoms with Crippen molar-refractivity contribution in [1.29, 1.82) is 0 Å². The lowest BCUT2D eigenvalue weighted by Crippen LogP contribution is -2.22. The number of hydrogen-bond acceptors (Lipinski definition) is 3. The van der Waals surface area contributed by atoms with Gasteiger partial charge in [-0.2, -0.15) is 5.10 Å². The zero-order chi connectivity index (χ0) is 14.7. The molecule has 4 nitrogen and oxygen atoms in total. The summed E-state index contributed by atoms with van der Waals surface area (Å²) >= 11 is 0. The van der Waals surface area contributed by atoms with Crippen molar-refractivity contribution in [2.24, 2.45) is 0 Å². The maximum Gasteiger partial charge on any atom is 0.302 e. The van der Waals surface area contributed by atoms with Crippen LogP contribution in [0.5, 0.6) is 0 Å². The standard InChI is InChI=1S/C17H20N2O2/c1-12(20)21-16-8-6-14(7-9-16)13-2-4-15(5-3-13)17-10-11-18-19-17/h2-5,10-11,14,16H,6-9H2,1H3,(H,18,19). The molecule has 0 bridgehead atoms. The number of aromatic nitrogens is 2. The van der Waals surface area contributed by atoms with E-state index in [0.717, 1.165) is 36.9 Å². The summed E-state index contributed by atoms with van der Waals surface area (Å²) in [5.41, 5.74) is 3.57. The molecule has 1 aromatic carbocycles. The fraction of sp³-hybridized carbons (Fsp3) is 0.412. The van der Waals surface area contributed by atoms with Crippen molar-refractivity contribution >= 4 is 5.97 Å². The highest BCUT2D eigenvalue weighted by atomic mass is 16.5. The Morgan fingerprint density at radius 2 is 1.86 bits per heavy atom. The highest BCUT2D eigenvalue weighted by Gasteiger charge is 2.24. The number of nitrogens with one attached hydrogen (secondary N) is 1. The molecule has 0 unspecified atom stereocenters. The summed E-state index contributed by atoms with van der Waals surface area (Å²) in [6, 6.07) is 10.7. The second kappa shape index (κ2) is 6.12. The third-order valence-electron chi connectivity index (χ3n) is 4.20. The van der Waals surface area contributed by atoms with Gasteiger partial charge >= 0.3 is 5.97 Å². The molecule has 0 atom stereocenters. The number of aromatic amines is 1. The number of nitrogens with zero attached hydrogens (tertiary/aromatic N) is 1. The van der Waals surface area contributed by atoms with Gasteiger partial charge in [0.1, 0.15) is 6.10 Å². The number of ether oxygens (including phenoxy) is 1. The topological polar surface area (TPSA) is 55.0 Å². The van der Waals surface area contributed by atoms with E-state index in [1.54, 1.807) is 6.20 Å². The SMILES string of the molecule is CC(=O)OC1CCC(c2ccc(-c3ccn[nH]3)cc2)CC1. The molecular formula is C17H20N2O2. The Morgan fingerprint density at radius 1 is 1.14 bits per heavy atom. The monoisotopic (exact) mass is 284 g/mol. The minimum atomic E-state index is -0.164. The summed E-state index contributed by atoms with van der Waals surface area (Å²) in [7, 11) is 0. The van der Waals surface area contributed by atoms with E-state index in [1.807, 2.05) is 6.07 Å². The van der Waals surface area contributed by atoms with Crippen LogP contribution in [0.2, 0.25) is 0 Å². The van der Waals surface area contributed by atoms with E-state index in [9.17, 15) is 4.79 Å². The Hall–Kier alpha value is -2.10. The number of benzene rings is 1. The Kier molecular flexibility index (Phi) is 4.04. The Balaban J connectivity index is 1.62. The second-order valence-corrected chi connectivity index (χ2v) is 5.68. The van der Waals surface area contributed by atoms with E-state index >= 15 is 0 Å². The van der Waals surface area contributed by atoms with Gasteiger partial charge in [0.2, 0.25) is 0 Å². The van der Waals surface area contributed by atoms with Crippen molar-refractivity contribution in [1.82, 2.24) is 10.2 Å². The van der Waals surface area contributed by atoms with Crippen molar-refractivity contribution in [2.45, 2.75) is 44.6 Å². The summed E-state index contributed by atoms with van der Waals surface area (Å²) in [6.07, 6.45) is 5.98. The number of rotatable bonds is 3. The third kappa shape index (κ3) is 3.32. The zero-order valence-electron chi connectivity index (χ0n) is 12.2. The summed E-state index contributed by atoms with van der Waals surface area (Å²) in [5.74, 6) is 0.412. The van der Waals surface area contributed by atoms with Gasteiger partial charge in [-0.15, -0.1) is 0 Å². The Labute approximate surface area is 124 Å². The molecule has 1 aliphatic rings. The van der Waals surface area contributed by atoms with Gasteiger partial charge < -0.3 is 4.74 Å². The lowest BCUT2D eigenvalue weighted by Gasteiger charge is -2.28. The van der Waals surface area contributed by atoms with Gasteiger partial charge in [-0.25, -0.2) is 0 Å². The van der Waals surface area contributed by atoms with Crippen LogP contribution < -0.4 is 0 Å². The average Bonchev–Trinajstić information content (AvgIpc) is 3.02. The molecule has 1 fully saturated rings. The van der Waals surface area contributed by atoms with Crippen molar-refractivity contribution in [2.75, 3.05) is 0 Å². The highest BCUT2D eigenvalue weighted by molar-refractivity contribution is 5.66. The summed E-state index contributed by atoms with van der Waals surface area (Å²) in [5, 5.41) is 6.95. The minimum Gasteiger partial charge on any atom is -0.463 e. The number of H-pyrrole nitrogens is 1. The van der Waals surface area contributed by atoms with Crippen molar-refractivity contribution in [3.8, 4) is 11.3 Å². The Morgan fingerprint density at radius 3 is 2.43 bits per heavy atom. The van der Waals surface area contributed by atoms with E-state index in [0.29, 0.717) is 5.92 Å². The first-order valence-corrected chi connectivity index (χ1v) is 7.49. The smallest absolute Gasteiger partial charge is 0.302 e. The molecule has 0 saturated heterocycles. The van der Waals surface area contributed by atoms with Crippen molar-refractivity contribution < 1.29 is 9.53 Å². The first-order chi connectivity index (χ1) is 10.2. The molecule has 1 aromatic heterocycles. The van der Waals surface area contributed by atoms with Crippen LogP contribution in [0.1, 0.15) is 44.1 Å². The third-order valence-corrected chi connectivity index (χ3v) is 4.20. The molecule has 1 aliphatic carbocycles. The largest absolute Gasteiger partial charge is 0.463 e. The summed E-state index contributed by atoms with van der Waals surface area (Å²) in [6.45, 7) is 1.49. The predicted molar refractivity (Wildman–Crippen MR) is 80.8 cm³/mol. The van der Waals surface area contributed by atoms with Crippen molar-refractivity contribution in [3.05, 3.63) is 42.1 Å². The van der Waals surface area contributed by atoms with Gasteiger partial charge in [-0.3, -0.25) is 9.89 Å². The minimum absolute atomic E-state index is 0.114. The molecule has 2 aromatic rings. The van der Waals surface area contributed by atoms with Gasteiger partial charge in [-0.1, -0.05) is 24.3 Å². The van der Waals surface area contributed by atoms with Crippen LogP contribution in [0, 0.1) is 0 Å². The van der Waals surface area contributed by atoms with Crippen LogP contribution in [-0.2, 0) is 9.53 Å². The summed E-state index contributed by atoms with van der Waals surface area (Å²) < 4.78 is 5.29. The molecule has 3 rings (SSSR count). The fourth-order valence-corrected chi connectivity index (χ4v) is 3.10. The van der Waals surface area contributed by atoms with Crippen molar-refractivity contribution in [3.63, 3.8) is 0 Å². The molecule has 1 heterocycles. The molecular weight excluding hydrogens is 264 g/mol. The quantitative estimate of drug-likeness (QED) is 0.875. The first kappa shape index (κ1) is 13.9. The fourth-order valence-electron chi connectivity index (χ4n) is 3.10. The molecule has 1 N–H and O–H groups in total. The van der Waals surface area contributed by atoms with Gasteiger partial charge in [0.05, 0.1) is 5.69 Å². The van der Waals surface area contributed by atoms with Gasteiger partial charge in [0.15, 0.2) is 0 Å². The molecule has 0 aliphatic heterocycles. The van der Waals surface area contributed by atoms with E-state index in [-0.39, 0.29) is 12.1 Å². The van der Waals surface area contributed by atoms with Crippen LogP contribution in [0.15, 0.2) is 36.5 Å². The predicted octanol–water partition coefficient (Wildman–Crippen LogP) is 3.67. The lowest BCUT2D eigenvalue weighted by molar-refractivity contribution is -0.147. The maximum atomic E-state index is 11.0. The molecule has 0 radical (unpaired) electrons. The molecule has 110 valence electrons. The van der Waals surface area contributed by atoms with Gasteiger partial charge in [0.25, 0.3) is 0 Å². The first-order valence-electron chi connectivity index (χ1n) is 7.49. The van der Waals surface area contributed by atoms with Crippen LogP contribution in [0.3, 0.4) is 0 Å². The van der Waals surface area contributed by atoms with Gasteiger partial charge in [-0.05, 0) is 48.8 Å². The van der Waals surface area contributed by atoms with E-state index in [4.69, 9.17) is 4.74 Å². The van der Waals surface area contributed by atoms with Crippen LogP contribution in [-0.4, -0.2) is 22.3 Å². The molecule has 21 heavy (non-hydrogen) atoms. The number of carbonyl (C=O) groups is 1. The van der Waals surface area contributed by atoms with E-state index in [1.165, 1.54) is 12.5 Å². The second-order valence-electron chi connectivity index (χ2n) is 5.68. The zero-order valence-corrected chi connectivity index (χ0v) is 12.2. The molecule has 4 heteroatoms. The number of hydrogen-bond donors (Lipinski definition) is 1. The average molecular weight is 284 g/mol. The Bertz CT molecular complexity index is 582. The van der Waals surface area contributed by atoms with Gasteiger partial charge in [0, 0.05) is 13.1 Å². The van der Waals surface area contributed by atoms with E-state index in [2.05, 4.69) is 34.5 Å². The van der Waals surface area contributed by atoms with Crippen LogP contribution in [0.4, 0.5) is 0 Å².